The number of hydrogen-bond acceptors (Lipinski definition) is 4. The summed E-state index contributed by atoms with van der Waals surface area (Å²) in [6.07, 6.45) is -0.362. The van der Waals surface area contributed by atoms with Crippen molar-refractivity contribution in [3.8, 4) is 0 Å². The summed E-state index contributed by atoms with van der Waals surface area (Å²) in [6.45, 7) is 20.3. The van der Waals surface area contributed by atoms with Crippen molar-refractivity contribution in [1.29, 1.82) is 0 Å². The van der Waals surface area contributed by atoms with Crippen LogP contribution in [0.25, 0.3) is 0 Å². The second-order valence-electron chi connectivity index (χ2n) is 9.68. The monoisotopic (exact) mass is 357 g/mol. The molecule has 2 amide bonds. The van der Waals surface area contributed by atoms with Crippen LogP contribution in [0.1, 0.15) is 61.8 Å². The largest absolute Gasteiger partial charge is 0.443 e. The molecule has 0 N–H and O–H groups in total. The summed E-state index contributed by atoms with van der Waals surface area (Å²) in [6, 6.07) is -0.235. The van der Waals surface area contributed by atoms with Gasteiger partial charge in [0.2, 0.25) is 0 Å². The maximum atomic E-state index is 12.6. The number of β-lactam (4-membered cyclic amide) rings is 1. The first kappa shape index (κ1) is 21.2. The van der Waals surface area contributed by atoms with Crippen molar-refractivity contribution >= 4 is 20.3 Å². The van der Waals surface area contributed by atoms with Crippen LogP contribution in [0, 0.1) is 5.92 Å². The average Bonchev–Trinajstić information content (AvgIpc) is 2.31. The fourth-order valence-electron chi connectivity index (χ4n) is 2.39. The number of ether oxygens (including phenoxy) is 1. The first-order valence-corrected chi connectivity index (χ1v) is 11.7. The lowest BCUT2D eigenvalue weighted by Crippen LogP contribution is -2.70. The number of nitrogens with zero attached hydrogens (tertiary/aromatic N) is 1. The van der Waals surface area contributed by atoms with E-state index in [0.717, 1.165) is 6.42 Å². The molecule has 1 rings (SSSR count). The lowest BCUT2D eigenvalue weighted by molar-refractivity contribution is -0.162. The summed E-state index contributed by atoms with van der Waals surface area (Å²) in [5, 5.41) is 0.0159. The first-order chi connectivity index (χ1) is 10.6. The Labute approximate surface area is 148 Å². The van der Waals surface area contributed by atoms with Gasteiger partial charge in [0.25, 0.3) is 5.91 Å². The van der Waals surface area contributed by atoms with Crippen LogP contribution in [-0.2, 0) is 14.0 Å². The third kappa shape index (κ3) is 4.82. The Hall–Kier alpha value is -0.883. The lowest BCUT2D eigenvalue weighted by atomic mass is 9.90. The van der Waals surface area contributed by atoms with Crippen molar-refractivity contribution in [2.45, 2.75) is 97.7 Å². The Balaban J connectivity index is 2.96. The molecule has 2 atom stereocenters. The predicted molar refractivity (Wildman–Crippen MR) is 98.4 cm³/mol. The third-order valence-electron chi connectivity index (χ3n) is 4.69. The minimum absolute atomic E-state index is 0.0159. The van der Waals surface area contributed by atoms with Crippen LogP contribution in [0.3, 0.4) is 0 Å². The Morgan fingerprint density at radius 2 is 1.67 bits per heavy atom. The predicted octanol–water partition coefficient (Wildman–Crippen LogP) is 4.57. The Morgan fingerprint density at radius 3 is 2.04 bits per heavy atom. The SMILES string of the molecule is CC(C)C[C@H]1[C@@H](O[Si](C)(C)C(C)(C)C)C(=O)N1C(=O)OC(C)(C)C. The Kier molecular flexibility index (Phi) is 5.98. The maximum Gasteiger partial charge on any atom is 0.417 e. The summed E-state index contributed by atoms with van der Waals surface area (Å²) in [5.74, 6) is 0.0956. The Morgan fingerprint density at radius 1 is 1.17 bits per heavy atom. The van der Waals surface area contributed by atoms with Crippen molar-refractivity contribution in [3.63, 3.8) is 0 Å². The summed E-state index contributed by atoms with van der Waals surface area (Å²) in [7, 11) is -2.08. The van der Waals surface area contributed by atoms with Gasteiger partial charge in [0.15, 0.2) is 8.32 Å². The first-order valence-electron chi connectivity index (χ1n) is 8.80. The van der Waals surface area contributed by atoms with Crippen molar-refractivity contribution in [2.75, 3.05) is 0 Å². The van der Waals surface area contributed by atoms with Gasteiger partial charge in [-0.2, -0.15) is 0 Å². The van der Waals surface area contributed by atoms with Crippen LogP contribution in [0.2, 0.25) is 18.1 Å². The molecule has 5 nitrogen and oxygen atoms in total. The molecule has 1 heterocycles. The van der Waals surface area contributed by atoms with Crippen molar-refractivity contribution < 1.29 is 18.8 Å². The van der Waals surface area contributed by atoms with Crippen molar-refractivity contribution in [2.24, 2.45) is 5.92 Å². The fraction of sp³-hybridized carbons (Fsp3) is 0.889. The number of hydrogen-bond donors (Lipinski definition) is 0. The van der Waals surface area contributed by atoms with Gasteiger partial charge in [-0.25, -0.2) is 9.69 Å². The van der Waals surface area contributed by atoms with Gasteiger partial charge in [-0.05, 0) is 51.2 Å². The minimum Gasteiger partial charge on any atom is -0.443 e. The molecule has 1 aliphatic heterocycles. The molecule has 1 aliphatic rings. The van der Waals surface area contributed by atoms with E-state index in [1.54, 1.807) is 20.8 Å². The van der Waals surface area contributed by atoms with E-state index in [9.17, 15) is 9.59 Å². The van der Waals surface area contributed by atoms with Crippen LogP contribution in [0.4, 0.5) is 4.79 Å². The molecule has 0 unspecified atom stereocenters. The van der Waals surface area contributed by atoms with Gasteiger partial charge in [0.1, 0.15) is 11.7 Å². The topological polar surface area (TPSA) is 55.8 Å². The highest BCUT2D eigenvalue weighted by Crippen LogP contribution is 2.41. The van der Waals surface area contributed by atoms with Crippen LogP contribution < -0.4 is 0 Å². The molecule has 6 heteroatoms. The van der Waals surface area contributed by atoms with E-state index < -0.39 is 26.1 Å². The zero-order chi connectivity index (χ0) is 19.1. The van der Waals surface area contributed by atoms with E-state index in [4.69, 9.17) is 9.16 Å². The second-order valence-corrected chi connectivity index (χ2v) is 14.4. The molecule has 0 radical (unpaired) electrons. The van der Waals surface area contributed by atoms with E-state index in [1.807, 2.05) is 0 Å². The number of carbonyl (C=O) groups is 2. The van der Waals surface area contributed by atoms with Crippen molar-refractivity contribution in [1.82, 2.24) is 4.90 Å². The van der Waals surface area contributed by atoms with Gasteiger partial charge >= 0.3 is 6.09 Å². The summed E-state index contributed by atoms with van der Waals surface area (Å²) in [5.41, 5.74) is -0.620. The quantitative estimate of drug-likeness (QED) is 0.546. The second kappa shape index (κ2) is 6.79. The van der Waals surface area contributed by atoms with Gasteiger partial charge in [0.05, 0.1) is 6.04 Å². The van der Waals surface area contributed by atoms with Gasteiger partial charge in [-0.3, -0.25) is 4.79 Å². The highest BCUT2D eigenvalue weighted by molar-refractivity contribution is 6.74. The summed E-state index contributed by atoms with van der Waals surface area (Å²) < 4.78 is 11.7. The standard InChI is InChI=1S/C18H35NO4Si/c1-12(2)11-13-14(23-24(9,10)18(6,7)8)15(20)19(13)16(21)22-17(3,4)5/h12-14H,11H2,1-10H3/t13-,14+/m0/s1. The third-order valence-corrected chi connectivity index (χ3v) is 9.15. The molecule has 0 aromatic carbocycles. The van der Waals surface area contributed by atoms with Gasteiger partial charge in [0, 0.05) is 0 Å². The number of carbonyl (C=O) groups excluding carboxylic acids is 2. The molecule has 140 valence electrons. The van der Waals surface area contributed by atoms with Crippen LogP contribution >= 0.6 is 0 Å². The molecule has 0 saturated carbocycles. The fourth-order valence-corrected chi connectivity index (χ4v) is 3.64. The average molecular weight is 358 g/mol. The zero-order valence-corrected chi connectivity index (χ0v) is 18.0. The van der Waals surface area contributed by atoms with Gasteiger partial charge < -0.3 is 9.16 Å². The highest BCUT2D eigenvalue weighted by atomic mass is 28.4. The smallest absolute Gasteiger partial charge is 0.417 e. The normalized spacial score (nSPS) is 22.6. The molecule has 0 aromatic rings. The molecule has 24 heavy (non-hydrogen) atoms. The highest BCUT2D eigenvalue weighted by Gasteiger charge is 2.55. The molecule has 1 fully saturated rings. The van der Waals surface area contributed by atoms with Gasteiger partial charge in [-0.1, -0.05) is 34.6 Å². The molecular formula is C18H35NO4Si. The molecule has 1 saturated heterocycles. The van der Waals surface area contributed by atoms with E-state index in [2.05, 4.69) is 47.7 Å². The summed E-state index contributed by atoms with van der Waals surface area (Å²) >= 11 is 0. The molecular weight excluding hydrogens is 322 g/mol. The van der Waals surface area contributed by atoms with Gasteiger partial charge in [-0.15, -0.1) is 0 Å². The number of imide groups is 1. The van der Waals surface area contributed by atoms with E-state index >= 15 is 0 Å². The number of amides is 2. The van der Waals surface area contributed by atoms with Crippen molar-refractivity contribution in [3.05, 3.63) is 0 Å². The minimum atomic E-state index is -2.08. The molecule has 0 aromatic heterocycles. The van der Waals surface area contributed by atoms with Crippen LogP contribution in [-0.4, -0.2) is 43.0 Å². The van der Waals surface area contributed by atoms with E-state index in [0.29, 0.717) is 5.92 Å². The lowest BCUT2D eigenvalue weighted by Gasteiger charge is -2.50. The van der Waals surface area contributed by atoms with Crippen LogP contribution in [0.15, 0.2) is 0 Å². The molecule has 0 bridgehead atoms. The zero-order valence-electron chi connectivity index (χ0n) is 17.0. The molecule has 0 spiro atoms. The van der Waals surface area contributed by atoms with Crippen LogP contribution in [0.5, 0.6) is 0 Å². The maximum absolute atomic E-state index is 12.6. The molecule has 0 aliphatic carbocycles. The van der Waals surface area contributed by atoms with E-state index in [1.165, 1.54) is 4.90 Å². The van der Waals surface area contributed by atoms with E-state index in [-0.39, 0.29) is 17.0 Å². The Bertz CT molecular complexity index is 488. The number of likely N-dealkylation sites (tertiary alicyclic amines) is 1. The summed E-state index contributed by atoms with van der Waals surface area (Å²) in [4.78, 5) is 26.3. The number of rotatable bonds is 4.